The van der Waals surface area contributed by atoms with Crippen LogP contribution >= 0.6 is 11.6 Å². The zero-order valence-electron chi connectivity index (χ0n) is 11.7. The Bertz CT molecular complexity index is 431. The van der Waals surface area contributed by atoms with E-state index in [4.69, 9.17) is 16.6 Å². The molecule has 0 aromatic carbocycles. The molecule has 0 amide bonds. The molecular weight excluding hydrogens is 246 g/mol. The minimum absolute atomic E-state index is 0.309. The van der Waals surface area contributed by atoms with Crippen LogP contribution in [0, 0.1) is 12.8 Å². The molecule has 0 bridgehead atoms. The van der Waals surface area contributed by atoms with E-state index in [0.717, 1.165) is 36.2 Å². The molecule has 100 valence electrons. The summed E-state index contributed by atoms with van der Waals surface area (Å²) >= 11 is 6.24. The Balaban J connectivity index is 2.36. The fourth-order valence-electron chi connectivity index (χ4n) is 2.44. The summed E-state index contributed by atoms with van der Waals surface area (Å²) in [7, 11) is 0. The third-order valence-corrected chi connectivity index (χ3v) is 3.92. The molecule has 1 unspecified atom stereocenters. The molecule has 2 rings (SSSR count). The third-order valence-electron chi connectivity index (χ3n) is 3.55. The Labute approximate surface area is 115 Å². The normalized spacial score (nSPS) is 20.6. The summed E-state index contributed by atoms with van der Waals surface area (Å²) in [5.41, 5.74) is 1.01. The van der Waals surface area contributed by atoms with E-state index in [9.17, 15) is 0 Å². The molecule has 1 aromatic heterocycles. The number of hydrogen-bond donors (Lipinski definition) is 0. The molecule has 3 nitrogen and oxygen atoms in total. The largest absolute Gasteiger partial charge is 0.356 e. The quantitative estimate of drug-likeness (QED) is 0.764. The minimum Gasteiger partial charge on any atom is -0.356 e. The summed E-state index contributed by atoms with van der Waals surface area (Å²) in [6.07, 6.45) is 2.55. The van der Waals surface area contributed by atoms with Crippen LogP contribution in [0.4, 0.5) is 5.82 Å². The molecule has 1 aliphatic rings. The summed E-state index contributed by atoms with van der Waals surface area (Å²) in [4.78, 5) is 11.5. The fourth-order valence-corrected chi connectivity index (χ4v) is 2.61. The lowest BCUT2D eigenvalue weighted by Gasteiger charge is -2.33. The Morgan fingerprint density at radius 2 is 2.06 bits per heavy atom. The molecule has 1 aliphatic heterocycles. The Kier molecular flexibility index (Phi) is 4.10. The van der Waals surface area contributed by atoms with Gasteiger partial charge >= 0.3 is 0 Å². The monoisotopic (exact) mass is 267 g/mol. The van der Waals surface area contributed by atoms with E-state index in [1.54, 1.807) is 0 Å². The first kappa shape index (κ1) is 13.6. The van der Waals surface area contributed by atoms with E-state index in [1.165, 1.54) is 12.8 Å². The second kappa shape index (κ2) is 5.43. The lowest BCUT2D eigenvalue weighted by molar-refractivity contribution is 0.443. The molecule has 1 aromatic rings. The van der Waals surface area contributed by atoms with Gasteiger partial charge in [0.15, 0.2) is 0 Å². The molecule has 0 spiro atoms. The van der Waals surface area contributed by atoms with Gasteiger partial charge in [-0.2, -0.15) is 0 Å². The lowest BCUT2D eigenvalue weighted by Crippen LogP contribution is -2.35. The van der Waals surface area contributed by atoms with Crippen LogP contribution in [-0.4, -0.2) is 23.1 Å². The highest BCUT2D eigenvalue weighted by atomic mass is 35.5. The number of hydrogen-bond acceptors (Lipinski definition) is 3. The number of halogens is 1. The third kappa shape index (κ3) is 2.77. The van der Waals surface area contributed by atoms with Gasteiger partial charge in [-0.15, -0.1) is 0 Å². The second-order valence-electron chi connectivity index (χ2n) is 5.67. The summed E-state index contributed by atoms with van der Waals surface area (Å²) in [5, 5.41) is 0.599. The van der Waals surface area contributed by atoms with E-state index < -0.39 is 0 Å². The number of aromatic nitrogens is 2. The van der Waals surface area contributed by atoms with Gasteiger partial charge in [-0.25, -0.2) is 9.97 Å². The van der Waals surface area contributed by atoms with Gasteiger partial charge < -0.3 is 4.90 Å². The van der Waals surface area contributed by atoms with Gasteiger partial charge in [0.05, 0.1) is 0 Å². The highest BCUT2D eigenvalue weighted by Crippen LogP contribution is 2.29. The van der Waals surface area contributed by atoms with Crippen molar-refractivity contribution in [3.8, 4) is 0 Å². The van der Waals surface area contributed by atoms with Crippen LogP contribution in [0.1, 0.15) is 50.9 Å². The van der Waals surface area contributed by atoms with Gasteiger partial charge in [-0.3, -0.25) is 0 Å². The van der Waals surface area contributed by atoms with E-state index in [2.05, 4.69) is 30.7 Å². The molecule has 1 fully saturated rings. The minimum atomic E-state index is 0.309. The molecule has 2 heterocycles. The van der Waals surface area contributed by atoms with E-state index in [-0.39, 0.29) is 0 Å². The first-order chi connectivity index (χ1) is 8.49. The van der Waals surface area contributed by atoms with Crippen molar-refractivity contribution in [2.75, 3.05) is 18.0 Å². The van der Waals surface area contributed by atoms with Crippen LogP contribution in [0.5, 0.6) is 0 Å². The van der Waals surface area contributed by atoms with Gasteiger partial charge in [0.2, 0.25) is 0 Å². The van der Waals surface area contributed by atoms with Gasteiger partial charge in [0.25, 0.3) is 0 Å². The number of nitrogens with zero attached hydrogens (tertiary/aromatic N) is 3. The predicted octanol–water partition coefficient (Wildman–Crippen LogP) is 3.80. The van der Waals surface area contributed by atoms with Crippen LogP contribution in [-0.2, 0) is 0 Å². The highest BCUT2D eigenvalue weighted by molar-refractivity contribution is 6.30. The van der Waals surface area contributed by atoms with Crippen molar-refractivity contribution < 1.29 is 0 Å². The SMILES string of the molecule is Cc1c(Cl)nc(C(C)C)nc1N1CCCC(C)C1. The molecule has 4 heteroatoms. The first-order valence-electron chi connectivity index (χ1n) is 6.78. The summed E-state index contributed by atoms with van der Waals surface area (Å²) in [5.74, 6) is 2.92. The number of anilines is 1. The van der Waals surface area contributed by atoms with Crippen molar-refractivity contribution >= 4 is 17.4 Å². The van der Waals surface area contributed by atoms with Crippen LogP contribution in [0.2, 0.25) is 5.15 Å². The Morgan fingerprint density at radius 1 is 1.33 bits per heavy atom. The molecule has 0 aliphatic carbocycles. The Morgan fingerprint density at radius 3 is 2.67 bits per heavy atom. The van der Waals surface area contributed by atoms with Crippen molar-refractivity contribution in [3.05, 3.63) is 16.5 Å². The summed E-state index contributed by atoms with van der Waals surface area (Å²) in [6.45, 7) is 10.7. The Hall–Kier alpha value is -0.830. The van der Waals surface area contributed by atoms with Gasteiger partial charge in [-0.05, 0) is 25.7 Å². The molecule has 0 radical (unpaired) electrons. The van der Waals surface area contributed by atoms with Crippen LogP contribution < -0.4 is 4.90 Å². The molecular formula is C14H22ClN3. The van der Waals surface area contributed by atoms with Crippen LogP contribution in [0.15, 0.2) is 0 Å². The number of piperidine rings is 1. The smallest absolute Gasteiger partial charge is 0.137 e. The lowest BCUT2D eigenvalue weighted by atomic mass is 10.00. The molecule has 18 heavy (non-hydrogen) atoms. The first-order valence-corrected chi connectivity index (χ1v) is 7.15. The maximum atomic E-state index is 6.24. The summed E-state index contributed by atoms with van der Waals surface area (Å²) in [6, 6.07) is 0. The zero-order chi connectivity index (χ0) is 13.3. The molecule has 1 atom stereocenters. The predicted molar refractivity (Wildman–Crippen MR) is 76.5 cm³/mol. The molecule has 0 N–H and O–H groups in total. The van der Waals surface area contributed by atoms with Crippen LogP contribution in [0.25, 0.3) is 0 Å². The number of rotatable bonds is 2. The average Bonchev–Trinajstić information content (AvgIpc) is 2.32. The standard InChI is InChI=1S/C14H22ClN3/c1-9(2)13-16-12(15)11(4)14(17-13)18-7-5-6-10(3)8-18/h9-10H,5-8H2,1-4H3. The van der Waals surface area contributed by atoms with Crippen molar-refractivity contribution in [3.63, 3.8) is 0 Å². The highest BCUT2D eigenvalue weighted by Gasteiger charge is 2.21. The van der Waals surface area contributed by atoms with Crippen molar-refractivity contribution in [1.82, 2.24) is 9.97 Å². The van der Waals surface area contributed by atoms with E-state index in [0.29, 0.717) is 11.1 Å². The van der Waals surface area contributed by atoms with Gasteiger partial charge in [0, 0.05) is 24.6 Å². The van der Waals surface area contributed by atoms with E-state index in [1.807, 2.05) is 6.92 Å². The topological polar surface area (TPSA) is 29.0 Å². The zero-order valence-corrected chi connectivity index (χ0v) is 12.5. The van der Waals surface area contributed by atoms with Crippen LogP contribution in [0.3, 0.4) is 0 Å². The van der Waals surface area contributed by atoms with Gasteiger partial charge in [0.1, 0.15) is 16.8 Å². The maximum absolute atomic E-state index is 6.24. The van der Waals surface area contributed by atoms with E-state index >= 15 is 0 Å². The van der Waals surface area contributed by atoms with Crippen molar-refractivity contribution in [1.29, 1.82) is 0 Å². The van der Waals surface area contributed by atoms with Crippen molar-refractivity contribution in [2.45, 2.75) is 46.5 Å². The maximum Gasteiger partial charge on any atom is 0.137 e. The summed E-state index contributed by atoms with van der Waals surface area (Å²) < 4.78 is 0. The average molecular weight is 268 g/mol. The van der Waals surface area contributed by atoms with Crippen molar-refractivity contribution in [2.24, 2.45) is 5.92 Å². The van der Waals surface area contributed by atoms with Gasteiger partial charge in [-0.1, -0.05) is 32.4 Å². The molecule has 1 saturated heterocycles. The molecule has 0 saturated carbocycles. The fraction of sp³-hybridized carbons (Fsp3) is 0.714. The second-order valence-corrected chi connectivity index (χ2v) is 6.03.